The van der Waals surface area contributed by atoms with Crippen LogP contribution in [0.25, 0.3) is 0 Å². The van der Waals surface area contributed by atoms with Gasteiger partial charge in [-0.2, -0.15) is 0 Å². The number of nitrogens with zero attached hydrogens (tertiary/aromatic N) is 1. The van der Waals surface area contributed by atoms with Crippen LogP contribution in [0.1, 0.15) is 31.7 Å². The zero-order valence-corrected chi connectivity index (χ0v) is 15.7. The van der Waals surface area contributed by atoms with E-state index in [-0.39, 0.29) is 6.04 Å². The lowest BCUT2D eigenvalue weighted by Gasteiger charge is -2.23. The van der Waals surface area contributed by atoms with Crippen molar-refractivity contribution in [3.05, 3.63) is 29.8 Å². The molecule has 7 heteroatoms. The third kappa shape index (κ3) is 5.24. The molecule has 2 heterocycles. The van der Waals surface area contributed by atoms with Crippen LogP contribution in [0.4, 0.5) is 0 Å². The van der Waals surface area contributed by atoms with Crippen molar-refractivity contribution >= 4 is 10.0 Å². The highest BCUT2D eigenvalue weighted by Gasteiger charge is 2.26. The molecule has 0 saturated carbocycles. The van der Waals surface area contributed by atoms with Crippen molar-refractivity contribution in [2.24, 2.45) is 0 Å². The summed E-state index contributed by atoms with van der Waals surface area (Å²) >= 11 is 0. The summed E-state index contributed by atoms with van der Waals surface area (Å²) in [4.78, 5) is 2.61. The molecule has 2 aliphatic rings. The van der Waals surface area contributed by atoms with E-state index in [0.717, 1.165) is 64.2 Å². The van der Waals surface area contributed by atoms with Crippen LogP contribution in [-0.4, -0.2) is 58.2 Å². The molecule has 1 unspecified atom stereocenters. The van der Waals surface area contributed by atoms with Crippen LogP contribution in [0, 0.1) is 0 Å². The van der Waals surface area contributed by atoms with Crippen molar-refractivity contribution < 1.29 is 13.2 Å². The van der Waals surface area contributed by atoms with Crippen molar-refractivity contribution in [3.8, 4) is 0 Å². The van der Waals surface area contributed by atoms with E-state index in [9.17, 15) is 8.42 Å². The average Bonchev–Trinajstić information content (AvgIpc) is 3.08. The third-order valence-corrected chi connectivity index (χ3v) is 6.63. The quantitative estimate of drug-likeness (QED) is 0.761. The summed E-state index contributed by atoms with van der Waals surface area (Å²) in [6.45, 7) is 7.21. The number of nitrogens with one attached hydrogen (secondary N) is 2. The molecule has 6 nitrogen and oxygen atoms in total. The first-order chi connectivity index (χ1) is 12.1. The van der Waals surface area contributed by atoms with E-state index in [4.69, 9.17) is 4.74 Å². The van der Waals surface area contributed by atoms with Gasteiger partial charge >= 0.3 is 0 Å². The lowest BCUT2D eigenvalue weighted by molar-refractivity contribution is 0.0776. The van der Waals surface area contributed by atoms with E-state index >= 15 is 0 Å². The Bertz CT molecular complexity index is 642. The summed E-state index contributed by atoms with van der Waals surface area (Å²) in [5.41, 5.74) is 1.10. The second kappa shape index (κ2) is 8.60. The first-order valence-electron chi connectivity index (χ1n) is 9.21. The molecule has 1 atom stereocenters. The summed E-state index contributed by atoms with van der Waals surface area (Å²) in [6, 6.07) is 7.70. The second-order valence-corrected chi connectivity index (χ2v) is 8.63. The van der Waals surface area contributed by atoms with Crippen LogP contribution in [0.2, 0.25) is 0 Å². The fourth-order valence-electron chi connectivity index (χ4n) is 3.45. The lowest BCUT2D eigenvalue weighted by Crippen LogP contribution is -2.37. The van der Waals surface area contributed by atoms with E-state index in [1.807, 2.05) is 12.1 Å². The first-order valence-corrected chi connectivity index (χ1v) is 10.7. The van der Waals surface area contributed by atoms with Gasteiger partial charge in [-0.25, -0.2) is 13.1 Å². The zero-order valence-electron chi connectivity index (χ0n) is 14.9. The van der Waals surface area contributed by atoms with Crippen LogP contribution >= 0.6 is 0 Å². The van der Waals surface area contributed by atoms with Crippen molar-refractivity contribution in [3.63, 3.8) is 0 Å². The standard InChI is InChI=1S/C18H29N3O3S/c1-2-21-10-7-17(14-21)20-25(22,23)18-5-3-15(4-6-18)13-19-16-8-11-24-12-9-16/h3-6,16-17,19-20H,2,7-14H2,1H3. The van der Waals surface area contributed by atoms with E-state index < -0.39 is 10.0 Å². The number of likely N-dealkylation sites (N-methyl/N-ethyl adjacent to an activating group) is 1. The molecule has 1 aromatic rings. The van der Waals surface area contributed by atoms with Crippen LogP contribution in [0.15, 0.2) is 29.2 Å². The van der Waals surface area contributed by atoms with Crippen molar-refractivity contribution in [1.29, 1.82) is 0 Å². The smallest absolute Gasteiger partial charge is 0.240 e. The van der Waals surface area contributed by atoms with E-state index in [1.54, 1.807) is 12.1 Å². The zero-order chi connectivity index (χ0) is 17.7. The molecular formula is C18H29N3O3S. The van der Waals surface area contributed by atoms with Gasteiger partial charge in [0, 0.05) is 38.4 Å². The fourth-order valence-corrected chi connectivity index (χ4v) is 4.72. The molecule has 25 heavy (non-hydrogen) atoms. The van der Waals surface area contributed by atoms with Gasteiger partial charge in [0.15, 0.2) is 0 Å². The van der Waals surface area contributed by atoms with Gasteiger partial charge in [0.05, 0.1) is 4.90 Å². The number of benzene rings is 1. The average molecular weight is 368 g/mol. The topological polar surface area (TPSA) is 70.7 Å². The van der Waals surface area contributed by atoms with Gasteiger partial charge in [0.2, 0.25) is 10.0 Å². The maximum Gasteiger partial charge on any atom is 0.240 e. The largest absolute Gasteiger partial charge is 0.381 e. The molecule has 0 bridgehead atoms. The highest BCUT2D eigenvalue weighted by molar-refractivity contribution is 7.89. The SMILES string of the molecule is CCN1CCC(NS(=O)(=O)c2ccc(CNC3CCOCC3)cc2)C1. The lowest BCUT2D eigenvalue weighted by atomic mass is 10.1. The van der Waals surface area contributed by atoms with Crippen LogP contribution in [-0.2, 0) is 21.3 Å². The summed E-state index contributed by atoms with van der Waals surface area (Å²) in [7, 11) is -3.44. The number of likely N-dealkylation sites (tertiary alicyclic amines) is 1. The van der Waals surface area contributed by atoms with Gasteiger partial charge in [0.25, 0.3) is 0 Å². The molecule has 2 aliphatic heterocycles. The van der Waals surface area contributed by atoms with Crippen molar-refractivity contribution in [2.75, 3.05) is 32.8 Å². The normalized spacial score (nSPS) is 23.2. The van der Waals surface area contributed by atoms with Gasteiger partial charge in [-0.3, -0.25) is 0 Å². The Morgan fingerprint density at radius 1 is 1.12 bits per heavy atom. The predicted molar refractivity (Wildman–Crippen MR) is 98.0 cm³/mol. The third-order valence-electron chi connectivity index (χ3n) is 5.09. The number of hydrogen-bond acceptors (Lipinski definition) is 5. The van der Waals surface area contributed by atoms with Gasteiger partial charge < -0.3 is 15.0 Å². The second-order valence-electron chi connectivity index (χ2n) is 6.91. The van der Waals surface area contributed by atoms with E-state index in [2.05, 4.69) is 21.9 Å². The maximum absolute atomic E-state index is 12.5. The molecule has 1 aromatic carbocycles. The number of hydrogen-bond donors (Lipinski definition) is 2. The van der Waals surface area contributed by atoms with Gasteiger partial charge in [-0.15, -0.1) is 0 Å². The summed E-state index contributed by atoms with van der Waals surface area (Å²) in [6.07, 6.45) is 2.94. The molecule has 0 aliphatic carbocycles. The summed E-state index contributed by atoms with van der Waals surface area (Å²) < 4.78 is 33.3. The Morgan fingerprint density at radius 3 is 2.48 bits per heavy atom. The molecule has 2 saturated heterocycles. The van der Waals surface area contributed by atoms with Gasteiger partial charge in [-0.1, -0.05) is 19.1 Å². The Kier molecular flexibility index (Phi) is 6.46. The molecule has 2 N–H and O–H groups in total. The minimum Gasteiger partial charge on any atom is -0.381 e. The van der Waals surface area contributed by atoms with Gasteiger partial charge in [0.1, 0.15) is 0 Å². The number of sulfonamides is 1. The minimum atomic E-state index is -3.44. The molecule has 0 aromatic heterocycles. The van der Waals surface area contributed by atoms with Crippen molar-refractivity contribution in [2.45, 2.75) is 49.7 Å². The van der Waals surface area contributed by atoms with Crippen LogP contribution in [0.5, 0.6) is 0 Å². The molecule has 3 rings (SSSR count). The Labute approximate surface area is 151 Å². The summed E-state index contributed by atoms with van der Waals surface area (Å²) in [5.74, 6) is 0. The Hall–Kier alpha value is -0.990. The molecule has 140 valence electrons. The minimum absolute atomic E-state index is 0.0137. The molecule has 0 amide bonds. The van der Waals surface area contributed by atoms with E-state index in [1.165, 1.54) is 0 Å². The number of ether oxygens (including phenoxy) is 1. The van der Waals surface area contributed by atoms with Gasteiger partial charge in [-0.05, 0) is 50.0 Å². The Morgan fingerprint density at radius 2 is 1.84 bits per heavy atom. The first kappa shape index (κ1) is 18.8. The van der Waals surface area contributed by atoms with Crippen LogP contribution < -0.4 is 10.0 Å². The van der Waals surface area contributed by atoms with Crippen LogP contribution in [0.3, 0.4) is 0 Å². The fraction of sp³-hybridized carbons (Fsp3) is 0.667. The molecule has 0 radical (unpaired) electrons. The van der Waals surface area contributed by atoms with E-state index in [0.29, 0.717) is 10.9 Å². The predicted octanol–water partition coefficient (Wildman–Crippen LogP) is 1.33. The maximum atomic E-state index is 12.5. The Balaban J connectivity index is 1.53. The summed E-state index contributed by atoms with van der Waals surface area (Å²) in [5, 5.41) is 3.52. The molecule has 0 spiro atoms. The highest BCUT2D eigenvalue weighted by atomic mass is 32.2. The molecule has 2 fully saturated rings. The van der Waals surface area contributed by atoms with Crippen molar-refractivity contribution in [1.82, 2.24) is 14.9 Å². The monoisotopic (exact) mass is 367 g/mol. The number of rotatable bonds is 7. The molecular weight excluding hydrogens is 338 g/mol. The highest BCUT2D eigenvalue weighted by Crippen LogP contribution is 2.15.